The predicted molar refractivity (Wildman–Crippen MR) is 57.8 cm³/mol. The molecule has 1 fully saturated rings. The van der Waals surface area contributed by atoms with Crippen molar-refractivity contribution < 1.29 is 9.90 Å². The maximum atomic E-state index is 10.5. The summed E-state index contributed by atoms with van der Waals surface area (Å²) in [5, 5.41) is 8.65. The molecule has 1 aliphatic carbocycles. The van der Waals surface area contributed by atoms with E-state index in [0.717, 1.165) is 18.5 Å². The van der Waals surface area contributed by atoms with Gasteiger partial charge in [0.05, 0.1) is 12.5 Å². The zero-order valence-corrected chi connectivity index (χ0v) is 8.97. The van der Waals surface area contributed by atoms with Crippen molar-refractivity contribution in [2.24, 2.45) is 5.73 Å². The highest BCUT2D eigenvalue weighted by molar-refractivity contribution is 5.67. The molecule has 0 saturated heterocycles. The van der Waals surface area contributed by atoms with Gasteiger partial charge in [0.1, 0.15) is 5.82 Å². The van der Waals surface area contributed by atoms with E-state index in [1.54, 1.807) is 6.20 Å². The fourth-order valence-corrected chi connectivity index (χ4v) is 1.78. The van der Waals surface area contributed by atoms with E-state index in [-0.39, 0.29) is 6.42 Å². The van der Waals surface area contributed by atoms with Gasteiger partial charge in [-0.2, -0.15) is 0 Å². The van der Waals surface area contributed by atoms with Crippen LogP contribution in [-0.2, 0) is 4.79 Å². The first-order chi connectivity index (χ1) is 7.66. The minimum Gasteiger partial charge on any atom is -0.481 e. The van der Waals surface area contributed by atoms with Gasteiger partial charge in [-0.3, -0.25) is 4.79 Å². The van der Waals surface area contributed by atoms with Gasteiger partial charge in [0.15, 0.2) is 0 Å². The molecular formula is C11H15N3O2. The van der Waals surface area contributed by atoms with Crippen molar-refractivity contribution >= 4 is 5.97 Å². The summed E-state index contributed by atoms with van der Waals surface area (Å²) < 4.78 is 0. The third-order valence-electron chi connectivity index (χ3n) is 2.95. The van der Waals surface area contributed by atoms with Crippen LogP contribution in [0.5, 0.6) is 0 Å². The number of carbonyl (C=O) groups is 1. The lowest BCUT2D eigenvalue weighted by Crippen LogP contribution is -2.20. The average Bonchev–Trinajstić information content (AvgIpc) is 2.14. The number of nitrogens with two attached hydrogens (primary N) is 1. The molecule has 1 saturated carbocycles. The molecular weight excluding hydrogens is 206 g/mol. The second kappa shape index (κ2) is 4.57. The highest BCUT2D eigenvalue weighted by Crippen LogP contribution is 2.35. The summed E-state index contributed by atoms with van der Waals surface area (Å²) in [5.41, 5.74) is 6.72. The van der Waals surface area contributed by atoms with Gasteiger partial charge in [-0.25, -0.2) is 9.97 Å². The predicted octanol–water partition coefficient (Wildman–Crippen LogP) is 1.22. The lowest BCUT2D eigenvalue weighted by atomic mass is 9.83. The Kier molecular flexibility index (Phi) is 3.14. The van der Waals surface area contributed by atoms with Gasteiger partial charge in [-0.15, -0.1) is 0 Å². The van der Waals surface area contributed by atoms with Gasteiger partial charge in [0, 0.05) is 17.8 Å². The second-order valence-corrected chi connectivity index (χ2v) is 4.17. The fourth-order valence-electron chi connectivity index (χ4n) is 1.78. The number of nitrogens with zero attached hydrogens (tertiary/aromatic N) is 2. The molecule has 0 radical (unpaired) electrons. The Bertz CT molecular complexity index is 391. The molecule has 86 valence electrons. The molecule has 0 spiro atoms. The fraction of sp³-hybridized carbons (Fsp3) is 0.545. The summed E-state index contributed by atoms with van der Waals surface area (Å²) in [6, 6.07) is 1.28. The number of aromatic nitrogens is 2. The van der Waals surface area contributed by atoms with Crippen LogP contribution in [0, 0.1) is 0 Å². The van der Waals surface area contributed by atoms with Crippen LogP contribution in [0.1, 0.15) is 49.2 Å². The van der Waals surface area contributed by atoms with E-state index in [1.165, 1.54) is 6.42 Å². The van der Waals surface area contributed by atoms with Gasteiger partial charge >= 0.3 is 5.97 Å². The molecule has 1 aliphatic rings. The first kappa shape index (κ1) is 11.0. The number of rotatable bonds is 4. The Hall–Kier alpha value is -1.49. The summed E-state index contributed by atoms with van der Waals surface area (Å²) in [6.45, 7) is 0. The molecule has 1 atom stereocenters. The van der Waals surface area contributed by atoms with Crippen molar-refractivity contribution in [3.05, 3.63) is 23.8 Å². The van der Waals surface area contributed by atoms with Crippen LogP contribution in [0.15, 0.2) is 12.3 Å². The minimum atomic E-state index is -0.926. The van der Waals surface area contributed by atoms with Crippen molar-refractivity contribution in [1.82, 2.24) is 9.97 Å². The maximum absolute atomic E-state index is 10.5. The quantitative estimate of drug-likeness (QED) is 0.797. The summed E-state index contributed by atoms with van der Waals surface area (Å²) in [6.07, 6.45) is 5.09. The van der Waals surface area contributed by atoms with Crippen molar-refractivity contribution in [2.75, 3.05) is 0 Å². The summed E-state index contributed by atoms with van der Waals surface area (Å²) in [7, 11) is 0. The SMILES string of the molecule is NC(CC(=O)O)c1nccc(C2CCC2)n1. The Labute approximate surface area is 93.7 Å². The maximum Gasteiger partial charge on any atom is 0.305 e. The molecule has 0 amide bonds. The first-order valence-corrected chi connectivity index (χ1v) is 5.47. The van der Waals surface area contributed by atoms with Crippen molar-refractivity contribution in [3.8, 4) is 0 Å². The highest BCUT2D eigenvalue weighted by atomic mass is 16.4. The first-order valence-electron chi connectivity index (χ1n) is 5.47. The lowest BCUT2D eigenvalue weighted by molar-refractivity contribution is -0.137. The molecule has 5 heteroatoms. The Morgan fingerprint density at radius 3 is 2.94 bits per heavy atom. The van der Waals surface area contributed by atoms with E-state index in [0.29, 0.717) is 11.7 Å². The van der Waals surface area contributed by atoms with Crippen molar-refractivity contribution in [3.63, 3.8) is 0 Å². The number of hydrogen-bond donors (Lipinski definition) is 2. The smallest absolute Gasteiger partial charge is 0.305 e. The number of carboxylic acids is 1. The molecule has 1 heterocycles. The van der Waals surface area contributed by atoms with E-state index < -0.39 is 12.0 Å². The van der Waals surface area contributed by atoms with Gasteiger partial charge in [-0.1, -0.05) is 6.42 Å². The molecule has 0 aliphatic heterocycles. The largest absolute Gasteiger partial charge is 0.481 e. The average molecular weight is 221 g/mol. The summed E-state index contributed by atoms with van der Waals surface area (Å²) >= 11 is 0. The third-order valence-corrected chi connectivity index (χ3v) is 2.95. The van der Waals surface area contributed by atoms with Gasteiger partial charge in [0.25, 0.3) is 0 Å². The van der Waals surface area contributed by atoms with Gasteiger partial charge in [-0.05, 0) is 18.9 Å². The standard InChI is InChI=1S/C11H15N3O2/c12-8(6-10(15)16)11-13-5-4-9(14-11)7-2-1-3-7/h4-5,7-8H,1-3,6,12H2,(H,15,16). The summed E-state index contributed by atoms with van der Waals surface area (Å²) in [4.78, 5) is 18.9. The topological polar surface area (TPSA) is 89.1 Å². The van der Waals surface area contributed by atoms with E-state index >= 15 is 0 Å². The van der Waals surface area contributed by atoms with Gasteiger partial charge < -0.3 is 10.8 Å². The number of hydrogen-bond acceptors (Lipinski definition) is 4. The zero-order valence-electron chi connectivity index (χ0n) is 8.97. The van der Waals surface area contributed by atoms with E-state index in [9.17, 15) is 4.79 Å². The third kappa shape index (κ3) is 2.36. The molecule has 2 rings (SSSR count). The molecule has 3 N–H and O–H groups in total. The van der Waals surface area contributed by atoms with E-state index in [2.05, 4.69) is 9.97 Å². The highest BCUT2D eigenvalue weighted by Gasteiger charge is 2.22. The van der Waals surface area contributed by atoms with E-state index in [1.807, 2.05) is 6.07 Å². The minimum absolute atomic E-state index is 0.131. The van der Waals surface area contributed by atoms with E-state index in [4.69, 9.17) is 10.8 Å². The molecule has 0 aromatic carbocycles. The van der Waals surface area contributed by atoms with Crippen LogP contribution < -0.4 is 5.73 Å². The van der Waals surface area contributed by atoms with Crippen LogP contribution in [0.3, 0.4) is 0 Å². The zero-order chi connectivity index (χ0) is 11.5. The molecule has 0 bridgehead atoms. The normalized spacial score (nSPS) is 17.8. The van der Waals surface area contributed by atoms with Crippen LogP contribution in [0.25, 0.3) is 0 Å². The molecule has 1 aromatic heterocycles. The Morgan fingerprint density at radius 2 is 2.38 bits per heavy atom. The second-order valence-electron chi connectivity index (χ2n) is 4.17. The van der Waals surface area contributed by atoms with Crippen molar-refractivity contribution in [1.29, 1.82) is 0 Å². The van der Waals surface area contributed by atoms with Crippen LogP contribution in [0.2, 0.25) is 0 Å². The molecule has 5 nitrogen and oxygen atoms in total. The Balaban J connectivity index is 2.11. The van der Waals surface area contributed by atoms with Gasteiger partial charge in [0.2, 0.25) is 0 Å². The monoisotopic (exact) mass is 221 g/mol. The lowest BCUT2D eigenvalue weighted by Gasteiger charge is -2.25. The van der Waals surface area contributed by atoms with Crippen LogP contribution >= 0.6 is 0 Å². The molecule has 1 unspecified atom stereocenters. The van der Waals surface area contributed by atoms with Crippen LogP contribution in [-0.4, -0.2) is 21.0 Å². The molecule has 16 heavy (non-hydrogen) atoms. The molecule has 1 aromatic rings. The Morgan fingerprint density at radius 1 is 1.62 bits per heavy atom. The summed E-state index contributed by atoms with van der Waals surface area (Å²) in [5.74, 6) is 0.0238. The number of aliphatic carboxylic acids is 1. The van der Waals surface area contributed by atoms with Crippen molar-refractivity contribution in [2.45, 2.75) is 37.6 Å². The van der Waals surface area contributed by atoms with Crippen LogP contribution in [0.4, 0.5) is 0 Å². The number of carboxylic acid groups (broad SMARTS) is 1.